The molecule has 1 aromatic carbocycles. The van der Waals surface area contributed by atoms with E-state index in [4.69, 9.17) is 14.2 Å². The summed E-state index contributed by atoms with van der Waals surface area (Å²) in [7, 11) is 0. The molecule has 1 aromatic rings. The summed E-state index contributed by atoms with van der Waals surface area (Å²) >= 11 is 0. The molecule has 1 amide bonds. The molecule has 1 N–H and O–H groups in total. The van der Waals surface area contributed by atoms with Gasteiger partial charge >= 0.3 is 12.1 Å². The van der Waals surface area contributed by atoms with Gasteiger partial charge in [-0.2, -0.15) is 13.2 Å². The van der Waals surface area contributed by atoms with Crippen molar-refractivity contribution in [3.05, 3.63) is 35.8 Å². The van der Waals surface area contributed by atoms with Gasteiger partial charge in [0, 0.05) is 13.1 Å². The van der Waals surface area contributed by atoms with Gasteiger partial charge < -0.3 is 24.4 Å². The Hall–Kier alpha value is -2.91. The molecule has 0 spiro atoms. The van der Waals surface area contributed by atoms with Gasteiger partial charge in [0.05, 0.1) is 16.9 Å². The minimum atomic E-state index is -4.54. The molecule has 0 unspecified atom stereocenters. The fourth-order valence-electron chi connectivity index (χ4n) is 2.91. The number of halogens is 3. The van der Waals surface area contributed by atoms with Gasteiger partial charge in [0.2, 0.25) is 5.76 Å². The zero-order valence-corrected chi connectivity index (χ0v) is 14.9. The van der Waals surface area contributed by atoms with E-state index >= 15 is 0 Å². The molecule has 2 heterocycles. The predicted molar refractivity (Wildman–Crippen MR) is 92.5 cm³/mol. The zero-order chi connectivity index (χ0) is 20.1. The number of benzene rings is 1. The Labute approximate surface area is 159 Å². The van der Waals surface area contributed by atoms with Gasteiger partial charge in [-0.25, -0.2) is 4.79 Å². The van der Waals surface area contributed by atoms with Crippen molar-refractivity contribution in [3.8, 4) is 0 Å². The standard InChI is InChI=1S/C18H19F3N2O5/c19-18(20,21)12-3-4-14(23-5-1-2-6-23)13(9-12)22-16(24)11-28-17(25)15-10-26-7-8-27-15/h3-4,9-10H,1-2,5-8,11H2,(H,22,24). The van der Waals surface area contributed by atoms with Crippen molar-refractivity contribution < 1.29 is 37.0 Å². The number of carbonyl (C=O) groups is 2. The monoisotopic (exact) mass is 400 g/mol. The summed E-state index contributed by atoms with van der Waals surface area (Å²) in [5.74, 6) is -1.82. The van der Waals surface area contributed by atoms with E-state index in [-0.39, 0.29) is 18.1 Å². The Balaban J connectivity index is 1.69. The number of rotatable bonds is 5. The lowest BCUT2D eigenvalue weighted by atomic mass is 10.1. The molecule has 0 saturated carbocycles. The molecular formula is C18H19F3N2O5. The zero-order valence-electron chi connectivity index (χ0n) is 14.9. The number of nitrogens with one attached hydrogen (secondary N) is 1. The van der Waals surface area contributed by atoms with E-state index in [0.29, 0.717) is 25.4 Å². The van der Waals surface area contributed by atoms with E-state index in [1.54, 1.807) is 0 Å². The van der Waals surface area contributed by atoms with E-state index in [9.17, 15) is 22.8 Å². The van der Waals surface area contributed by atoms with Crippen LogP contribution in [-0.2, 0) is 30.0 Å². The average molecular weight is 400 g/mol. The smallest absolute Gasteiger partial charge is 0.416 e. The van der Waals surface area contributed by atoms with Crippen LogP contribution in [0.15, 0.2) is 30.2 Å². The molecular weight excluding hydrogens is 381 g/mol. The van der Waals surface area contributed by atoms with Crippen molar-refractivity contribution in [2.75, 3.05) is 43.1 Å². The minimum Gasteiger partial charge on any atom is -0.493 e. The number of hydrogen-bond acceptors (Lipinski definition) is 6. The highest BCUT2D eigenvalue weighted by Crippen LogP contribution is 2.36. The molecule has 152 valence electrons. The Morgan fingerprint density at radius 1 is 1.18 bits per heavy atom. The normalized spacial score (nSPS) is 16.7. The van der Waals surface area contributed by atoms with Crippen molar-refractivity contribution in [1.29, 1.82) is 0 Å². The molecule has 0 aromatic heterocycles. The second kappa shape index (κ2) is 8.41. The number of nitrogens with zero attached hydrogens (tertiary/aromatic N) is 1. The van der Waals surface area contributed by atoms with Crippen LogP contribution in [0.4, 0.5) is 24.5 Å². The Kier molecular flexibility index (Phi) is 5.96. The largest absolute Gasteiger partial charge is 0.493 e. The quantitative estimate of drug-likeness (QED) is 0.766. The van der Waals surface area contributed by atoms with Gasteiger partial charge in [0.1, 0.15) is 19.5 Å². The summed E-state index contributed by atoms with van der Waals surface area (Å²) in [6, 6.07) is 3.21. The number of amides is 1. The molecule has 2 aliphatic rings. The SMILES string of the molecule is O=C(COC(=O)C1=COCCO1)Nc1cc(C(F)(F)F)ccc1N1CCCC1. The van der Waals surface area contributed by atoms with Crippen LogP contribution >= 0.6 is 0 Å². The molecule has 1 fully saturated rings. The summed E-state index contributed by atoms with van der Waals surface area (Å²) in [5.41, 5.74) is -0.355. The van der Waals surface area contributed by atoms with Gasteiger partial charge in [-0.15, -0.1) is 0 Å². The average Bonchev–Trinajstić information content (AvgIpc) is 3.20. The summed E-state index contributed by atoms with van der Waals surface area (Å²) < 4.78 is 53.9. The van der Waals surface area contributed by atoms with Crippen molar-refractivity contribution in [3.63, 3.8) is 0 Å². The first-order valence-electron chi connectivity index (χ1n) is 8.72. The van der Waals surface area contributed by atoms with Gasteiger partial charge in [-0.3, -0.25) is 4.79 Å². The second-order valence-corrected chi connectivity index (χ2v) is 6.25. The number of esters is 1. The summed E-state index contributed by atoms with van der Waals surface area (Å²) in [6.45, 7) is 1.18. The summed E-state index contributed by atoms with van der Waals surface area (Å²) in [5, 5.41) is 2.41. The molecule has 0 bridgehead atoms. The van der Waals surface area contributed by atoms with Crippen LogP contribution in [0.25, 0.3) is 0 Å². The van der Waals surface area contributed by atoms with Gasteiger partial charge in [-0.05, 0) is 31.0 Å². The lowest BCUT2D eigenvalue weighted by molar-refractivity contribution is -0.148. The maximum Gasteiger partial charge on any atom is 0.416 e. The van der Waals surface area contributed by atoms with Gasteiger partial charge in [0.15, 0.2) is 6.61 Å². The van der Waals surface area contributed by atoms with E-state index in [1.807, 2.05) is 4.90 Å². The van der Waals surface area contributed by atoms with Crippen molar-refractivity contribution >= 4 is 23.3 Å². The van der Waals surface area contributed by atoms with Crippen LogP contribution in [0, 0.1) is 0 Å². The first kappa shape index (κ1) is 19.8. The molecule has 3 rings (SSSR count). The number of anilines is 2. The van der Waals surface area contributed by atoms with E-state index in [0.717, 1.165) is 31.2 Å². The van der Waals surface area contributed by atoms with Crippen LogP contribution in [0.3, 0.4) is 0 Å². The van der Waals surface area contributed by atoms with Gasteiger partial charge in [-0.1, -0.05) is 0 Å². The van der Waals surface area contributed by atoms with Crippen molar-refractivity contribution in [2.45, 2.75) is 19.0 Å². The van der Waals surface area contributed by atoms with Crippen LogP contribution in [0.2, 0.25) is 0 Å². The van der Waals surface area contributed by atoms with Gasteiger partial charge in [0.25, 0.3) is 5.91 Å². The number of carbonyl (C=O) groups excluding carboxylic acids is 2. The first-order valence-corrected chi connectivity index (χ1v) is 8.72. The highest BCUT2D eigenvalue weighted by atomic mass is 19.4. The molecule has 10 heteroatoms. The number of ether oxygens (including phenoxy) is 3. The fourth-order valence-corrected chi connectivity index (χ4v) is 2.91. The minimum absolute atomic E-state index is 0.0224. The molecule has 2 aliphatic heterocycles. The number of hydrogen-bond donors (Lipinski definition) is 1. The van der Waals surface area contributed by atoms with Crippen LogP contribution in [0.1, 0.15) is 18.4 Å². The highest BCUT2D eigenvalue weighted by Gasteiger charge is 2.32. The Morgan fingerprint density at radius 3 is 2.57 bits per heavy atom. The third kappa shape index (κ3) is 4.87. The lowest BCUT2D eigenvalue weighted by Gasteiger charge is -2.23. The summed E-state index contributed by atoms with van der Waals surface area (Å²) in [4.78, 5) is 25.8. The third-order valence-electron chi connectivity index (χ3n) is 4.23. The molecule has 7 nitrogen and oxygen atoms in total. The van der Waals surface area contributed by atoms with Crippen molar-refractivity contribution in [2.24, 2.45) is 0 Å². The van der Waals surface area contributed by atoms with Crippen LogP contribution < -0.4 is 10.2 Å². The van der Waals surface area contributed by atoms with E-state index in [2.05, 4.69) is 5.32 Å². The number of alkyl halides is 3. The fraction of sp³-hybridized carbons (Fsp3) is 0.444. The van der Waals surface area contributed by atoms with Crippen molar-refractivity contribution in [1.82, 2.24) is 0 Å². The molecule has 0 atom stereocenters. The highest BCUT2D eigenvalue weighted by molar-refractivity contribution is 5.97. The predicted octanol–water partition coefficient (Wildman–Crippen LogP) is 2.68. The van der Waals surface area contributed by atoms with E-state index in [1.165, 1.54) is 6.07 Å². The molecule has 1 saturated heterocycles. The first-order chi connectivity index (χ1) is 13.3. The van der Waals surface area contributed by atoms with Crippen LogP contribution in [-0.4, -0.2) is 44.8 Å². The Bertz CT molecular complexity index is 773. The molecule has 0 aliphatic carbocycles. The maximum atomic E-state index is 13.0. The van der Waals surface area contributed by atoms with Crippen LogP contribution in [0.5, 0.6) is 0 Å². The topological polar surface area (TPSA) is 77.1 Å². The van der Waals surface area contributed by atoms with E-state index < -0.39 is 30.2 Å². The second-order valence-electron chi connectivity index (χ2n) is 6.25. The third-order valence-corrected chi connectivity index (χ3v) is 4.23. The molecule has 0 radical (unpaired) electrons. The maximum absolute atomic E-state index is 13.0. The Morgan fingerprint density at radius 2 is 1.93 bits per heavy atom. The molecule has 28 heavy (non-hydrogen) atoms. The lowest BCUT2D eigenvalue weighted by Crippen LogP contribution is -2.26. The summed E-state index contributed by atoms with van der Waals surface area (Å²) in [6.07, 6.45) is -1.62.